The van der Waals surface area contributed by atoms with E-state index in [-0.39, 0.29) is 43.9 Å². The lowest BCUT2D eigenvalue weighted by atomic mass is 9.77. The molecule has 0 radical (unpaired) electrons. The molecule has 11 heteroatoms. The minimum atomic E-state index is -1.55. The van der Waals surface area contributed by atoms with Crippen LogP contribution in [-0.4, -0.2) is 90.4 Å². The number of fused-ring (bicyclic) bond motifs is 3. The first-order valence-electron chi connectivity index (χ1n) is 18.5. The summed E-state index contributed by atoms with van der Waals surface area (Å²) in [6.45, 7) is 3.81. The van der Waals surface area contributed by atoms with Gasteiger partial charge in [-0.2, -0.15) is 0 Å². The maximum absolute atomic E-state index is 15.1. The number of amides is 3. The van der Waals surface area contributed by atoms with Crippen molar-refractivity contribution in [3.63, 3.8) is 0 Å². The van der Waals surface area contributed by atoms with Crippen molar-refractivity contribution in [3.8, 4) is 0 Å². The van der Waals surface area contributed by atoms with Crippen molar-refractivity contribution in [1.29, 1.82) is 0 Å². The van der Waals surface area contributed by atoms with E-state index in [0.717, 1.165) is 10.8 Å². The number of nitrogens with one attached hydrogen (secondary N) is 1. The lowest BCUT2D eigenvalue weighted by Gasteiger charge is -2.40. The molecule has 7 rings (SSSR count). The largest absolute Gasteiger partial charge is 0.455 e. The highest BCUT2D eigenvalue weighted by molar-refractivity contribution is 6.06. The van der Waals surface area contributed by atoms with Crippen LogP contribution in [0.3, 0.4) is 0 Å². The van der Waals surface area contributed by atoms with E-state index in [1.54, 1.807) is 23.1 Å². The van der Waals surface area contributed by atoms with Crippen LogP contribution in [-0.2, 0) is 33.4 Å². The Morgan fingerprint density at radius 1 is 0.981 bits per heavy atom. The molecule has 1 spiro atoms. The zero-order valence-corrected chi connectivity index (χ0v) is 30.3. The molecular weight excluding hydrogens is 674 g/mol. The Morgan fingerprint density at radius 2 is 1.74 bits per heavy atom. The molecule has 3 aromatic rings. The van der Waals surface area contributed by atoms with Gasteiger partial charge >= 0.3 is 5.97 Å². The molecule has 0 unspecified atom stereocenters. The number of aliphatic hydroxyl groups is 1. The Hall–Kier alpha value is -4.84. The number of ether oxygens (including phenoxy) is 3. The zero-order valence-electron chi connectivity index (χ0n) is 30.3. The number of hydrogen-bond acceptors (Lipinski definition) is 8. The normalized spacial score (nSPS) is 30.6. The second kappa shape index (κ2) is 15.3. The van der Waals surface area contributed by atoms with E-state index in [2.05, 4.69) is 5.32 Å². The quantitative estimate of drug-likeness (QED) is 0.257. The summed E-state index contributed by atoms with van der Waals surface area (Å²) in [6, 6.07) is 20.2. The number of esters is 1. The van der Waals surface area contributed by atoms with Crippen LogP contribution in [0.5, 0.6) is 0 Å². The lowest BCUT2D eigenvalue weighted by molar-refractivity contribution is -0.163. The first-order chi connectivity index (χ1) is 25.7. The van der Waals surface area contributed by atoms with Gasteiger partial charge in [-0.25, -0.2) is 0 Å². The number of aliphatic hydroxyl groups excluding tert-OH is 1. The Kier molecular flexibility index (Phi) is 10.5. The fraction of sp³-hybridized carbons (Fsp3) is 0.429. The number of carbonyl (C=O) groups excluding carboxylic acids is 4. The van der Waals surface area contributed by atoms with Gasteiger partial charge in [0.1, 0.15) is 23.7 Å². The lowest BCUT2D eigenvalue weighted by Crippen LogP contribution is -2.59. The predicted molar refractivity (Wildman–Crippen MR) is 198 cm³/mol. The minimum Gasteiger partial charge on any atom is -0.455 e. The molecule has 4 heterocycles. The number of anilines is 1. The van der Waals surface area contributed by atoms with Crippen LogP contribution in [0.25, 0.3) is 10.8 Å². The number of nitrogens with zero attached hydrogens (tertiary/aromatic N) is 2. The van der Waals surface area contributed by atoms with Crippen LogP contribution in [0.4, 0.5) is 5.69 Å². The molecule has 9 atom stereocenters. The van der Waals surface area contributed by atoms with Crippen molar-refractivity contribution < 1.29 is 38.5 Å². The average Bonchev–Trinajstić information content (AvgIpc) is 3.56. The van der Waals surface area contributed by atoms with E-state index < -0.39 is 59.6 Å². The van der Waals surface area contributed by atoms with Crippen LogP contribution in [0.15, 0.2) is 97.1 Å². The summed E-state index contributed by atoms with van der Waals surface area (Å²) in [6.07, 6.45) is 6.38. The summed E-state index contributed by atoms with van der Waals surface area (Å²) < 4.78 is 18.8. The van der Waals surface area contributed by atoms with E-state index >= 15 is 9.59 Å². The van der Waals surface area contributed by atoms with Gasteiger partial charge in [0.05, 0.1) is 37.3 Å². The molecule has 0 saturated carbocycles. The molecule has 278 valence electrons. The molecule has 11 nitrogen and oxygen atoms in total. The second-order valence-electron chi connectivity index (χ2n) is 14.5. The Morgan fingerprint density at radius 3 is 2.47 bits per heavy atom. The van der Waals surface area contributed by atoms with Crippen LogP contribution in [0.2, 0.25) is 0 Å². The summed E-state index contributed by atoms with van der Waals surface area (Å²) in [4.78, 5) is 61.2. The number of cyclic esters (lactones) is 1. The van der Waals surface area contributed by atoms with Gasteiger partial charge in [-0.3, -0.25) is 19.2 Å². The molecule has 0 aromatic heterocycles. The predicted octanol–water partition coefficient (Wildman–Crippen LogP) is 4.50. The van der Waals surface area contributed by atoms with E-state index in [9.17, 15) is 14.7 Å². The third-order valence-corrected chi connectivity index (χ3v) is 11.4. The number of likely N-dealkylation sites (tertiary alicyclic amines) is 1. The van der Waals surface area contributed by atoms with Gasteiger partial charge in [-0.1, -0.05) is 105 Å². The molecule has 2 N–H and O–H groups in total. The Bertz CT molecular complexity index is 1910. The van der Waals surface area contributed by atoms with Crippen LogP contribution in [0, 0.1) is 17.8 Å². The van der Waals surface area contributed by atoms with Crippen LogP contribution in [0.1, 0.15) is 44.8 Å². The zero-order chi connectivity index (χ0) is 37.3. The number of carbonyl (C=O) groups is 4. The summed E-state index contributed by atoms with van der Waals surface area (Å²) in [5.41, 5.74) is -0.251. The molecular formula is C42H47N3O8. The van der Waals surface area contributed by atoms with Crippen LogP contribution >= 0.6 is 0 Å². The third kappa shape index (κ3) is 6.55. The van der Waals surface area contributed by atoms with Gasteiger partial charge in [-0.15, -0.1) is 0 Å². The Labute approximate surface area is 309 Å². The number of methoxy groups -OCH3 is 1. The maximum atomic E-state index is 15.1. The smallest absolute Gasteiger partial charge is 0.313 e. The second-order valence-corrected chi connectivity index (χ2v) is 14.5. The van der Waals surface area contributed by atoms with Gasteiger partial charge in [-0.05, 0) is 40.8 Å². The average molecular weight is 722 g/mol. The molecule has 4 aliphatic rings. The minimum absolute atomic E-state index is 0.0656. The summed E-state index contributed by atoms with van der Waals surface area (Å²) in [5.74, 6) is -4.19. The SMILES string of the molecule is CC[C@H](C)[C@H](CO)N1C(=O)[C@H]2[C@@H]3C(=O)O[C@@H](c4ccccc4)[C@H](COC)NC(=O)CC/C=C\[C@@H]3O[C@]23C=CCN(c2ccc4ccccc4c2)C(=O)[C@H]13. The third-order valence-electron chi connectivity index (χ3n) is 11.4. The van der Waals surface area contributed by atoms with Crippen molar-refractivity contribution in [2.75, 3.05) is 31.8 Å². The summed E-state index contributed by atoms with van der Waals surface area (Å²) >= 11 is 0. The van der Waals surface area contributed by atoms with Gasteiger partial charge in [0.25, 0.3) is 5.91 Å². The summed E-state index contributed by atoms with van der Waals surface area (Å²) in [7, 11) is 1.51. The monoisotopic (exact) mass is 721 g/mol. The van der Waals surface area contributed by atoms with E-state index in [1.165, 1.54) is 12.0 Å². The van der Waals surface area contributed by atoms with Gasteiger partial charge < -0.3 is 34.4 Å². The molecule has 0 bridgehead atoms. The first-order valence-corrected chi connectivity index (χ1v) is 18.5. The van der Waals surface area contributed by atoms with Crippen molar-refractivity contribution in [2.45, 2.75) is 69.0 Å². The highest BCUT2D eigenvalue weighted by atomic mass is 16.6. The molecule has 0 aliphatic carbocycles. The number of benzene rings is 3. The van der Waals surface area contributed by atoms with E-state index in [0.29, 0.717) is 24.1 Å². The van der Waals surface area contributed by atoms with Crippen molar-refractivity contribution in [3.05, 3.63) is 103 Å². The van der Waals surface area contributed by atoms with Crippen LogP contribution < -0.4 is 10.2 Å². The molecule has 53 heavy (non-hydrogen) atoms. The van der Waals surface area contributed by atoms with Gasteiger partial charge in [0, 0.05) is 25.8 Å². The number of hydrogen-bond donors (Lipinski definition) is 2. The maximum Gasteiger partial charge on any atom is 0.313 e. The standard InChI is InChI=1S/C42H47N3O8/c1-4-26(2)32(24-46)45-38-40(49)44(30-20-19-27-13-8-9-16-29(27)23-30)22-12-21-42(38)36(39(45)48)35-33(53-42)17-10-11-18-34(47)43-31(25-51-3)37(52-41(35)50)28-14-6-5-7-15-28/h5-10,12-17,19-21,23,26,31-33,35-38,46H,4,11,18,22,24-25H2,1-3H3,(H,43,47)/b17-10-/t26-,31-,32-,33-,35+,36+,37-,38-,42+/m0/s1. The molecule has 2 saturated heterocycles. The highest BCUT2D eigenvalue weighted by Crippen LogP contribution is 2.54. The molecule has 3 aromatic carbocycles. The fourth-order valence-corrected chi connectivity index (χ4v) is 8.58. The fourth-order valence-electron chi connectivity index (χ4n) is 8.58. The summed E-state index contributed by atoms with van der Waals surface area (Å²) in [5, 5.41) is 15.8. The van der Waals surface area contributed by atoms with Gasteiger partial charge in [0.2, 0.25) is 11.8 Å². The van der Waals surface area contributed by atoms with Gasteiger partial charge in [0.15, 0.2) is 0 Å². The van der Waals surface area contributed by atoms with Crippen molar-refractivity contribution in [2.24, 2.45) is 17.8 Å². The van der Waals surface area contributed by atoms with Crippen molar-refractivity contribution >= 4 is 40.2 Å². The number of rotatable bonds is 8. The molecule has 4 aliphatic heterocycles. The Balaban J connectivity index is 1.35. The van der Waals surface area contributed by atoms with E-state index in [1.807, 2.05) is 92.7 Å². The topological polar surface area (TPSA) is 135 Å². The molecule has 3 amide bonds. The molecule has 2 fully saturated rings. The van der Waals surface area contributed by atoms with E-state index in [4.69, 9.17) is 14.2 Å². The number of allylic oxidation sites excluding steroid dienone is 1. The highest BCUT2D eigenvalue weighted by Gasteiger charge is 2.73. The van der Waals surface area contributed by atoms with Crippen molar-refractivity contribution in [1.82, 2.24) is 10.2 Å². The first kappa shape index (κ1) is 36.5.